The van der Waals surface area contributed by atoms with Gasteiger partial charge in [0, 0.05) is 111 Å². The van der Waals surface area contributed by atoms with E-state index in [9.17, 15) is 38.4 Å². The van der Waals surface area contributed by atoms with Crippen molar-refractivity contribution in [2.75, 3.05) is 25.7 Å². The van der Waals surface area contributed by atoms with Crippen LogP contribution in [-0.4, -0.2) is 159 Å². The van der Waals surface area contributed by atoms with Gasteiger partial charge in [-0.1, -0.05) is 22.9 Å². The van der Waals surface area contributed by atoms with Crippen LogP contribution < -0.4 is 13.3 Å². The molecule has 0 amide bonds. The van der Waals surface area contributed by atoms with Crippen LogP contribution in [0.4, 0.5) is 0 Å². The van der Waals surface area contributed by atoms with Gasteiger partial charge in [0.05, 0.1) is 6.10 Å². The molecule has 3 rings (SSSR count). The van der Waals surface area contributed by atoms with Gasteiger partial charge in [-0.05, 0) is 0 Å². The molecular weight excluding hydrogens is 1630 g/mol. The average molecular weight is 1680 g/mol. The first-order valence-electron chi connectivity index (χ1n) is 18.8. The van der Waals surface area contributed by atoms with Crippen molar-refractivity contribution in [3.63, 3.8) is 0 Å². The molecule has 3 aliphatic rings. The first-order valence-corrected chi connectivity index (χ1v) is 38.7. The van der Waals surface area contributed by atoms with Crippen LogP contribution in [0.15, 0.2) is 0 Å². The molecule has 15 atom stereocenters. The van der Waals surface area contributed by atoms with Crippen molar-refractivity contribution in [1.82, 2.24) is 0 Å². The predicted molar refractivity (Wildman–Crippen MR) is 264 cm³/mol. The van der Waals surface area contributed by atoms with Crippen molar-refractivity contribution in [2.24, 2.45) is 5.92 Å². The summed E-state index contributed by atoms with van der Waals surface area (Å²) in [6.07, 6.45) is -20.9. The zero-order valence-electron chi connectivity index (χ0n) is 36.4. The molecule has 0 spiro atoms. The normalized spacial score (nSPS) is 31.5. The van der Waals surface area contributed by atoms with Crippen molar-refractivity contribution < 1.29 is 118 Å². The molecule has 3 heterocycles. The fourth-order valence-corrected chi connectivity index (χ4v) is 7.40. The number of methoxy groups -OCH3 is 1. The topological polar surface area (TPSA) is 266 Å². The van der Waals surface area contributed by atoms with Crippen LogP contribution in [0, 0.1) is 5.92 Å². The summed E-state index contributed by atoms with van der Waals surface area (Å²) in [4.78, 5) is 99.2. The monoisotopic (exact) mass is 1680 g/mol. The Morgan fingerprint density at radius 3 is 1.06 bits per heavy atom. The summed E-state index contributed by atoms with van der Waals surface area (Å²) in [5.74, 6) is -7.27. The summed E-state index contributed by atoms with van der Waals surface area (Å²) in [5, 5.41) is 0.176. The van der Waals surface area contributed by atoms with Gasteiger partial charge in [0.25, 0.3) is 0 Å². The van der Waals surface area contributed by atoms with Crippen LogP contribution in [0.5, 0.6) is 0 Å². The maximum absolute atomic E-state index is 12.8. The van der Waals surface area contributed by atoms with E-state index in [1.165, 1.54) is 7.11 Å². The van der Waals surface area contributed by atoms with Crippen LogP contribution in [-0.2, 0) is 105 Å². The zero-order chi connectivity index (χ0) is 49.0. The number of halogens is 7. The summed E-state index contributed by atoms with van der Waals surface area (Å²) in [6, 6.07) is 0. The number of hydrogen-bond acceptors (Lipinski definition) is 22. The number of carbonyl (C=O) groups is 8. The summed E-state index contributed by atoms with van der Waals surface area (Å²) in [6.45, 7) is 9.11. The summed E-state index contributed by atoms with van der Waals surface area (Å²) >= 11 is 12.9. The van der Waals surface area contributed by atoms with Crippen molar-refractivity contribution in [2.45, 2.75) is 148 Å². The van der Waals surface area contributed by atoms with E-state index in [1.807, 2.05) is 0 Å². The van der Waals surface area contributed by atoms with Gasteiger partial charge < -0.3 is 66.3 Å². The number of rotatable bonds is 16. The van der Waals surface area contributed by atoms with Gasteiger partial charge >= 0.3 is 98.2 Å². The van der Waals surface area contributed by atoms with E-state index < -0.39 is 153 Å². The zero-order valence-corrected chi connectivity index (χ0v) is 51.1. The molecule has 0 aromatic heterocycles. The van der Waals surface area contributed by atoms with E-state index in [0.717, 1.165) is 55.4 Å². The van der Waals surface area contributed by atoms with Crippen LogP contribution in [0.25, 0.3) is 0 Å². The second-order valence-electron chi connectivity index (χ2n) is 13.7. The average Bonchev–Trinajstić information content (AvgIpc) is 3.19. The maximum atomic E-state index is 12.8. The van der Waals surface area contributed by atoms with Gasteiger partial charge in [-0.3, -0.25) is 38.4 Å². The van der Waals surface area contributed by atoms with E-state index in [-0.39, 0.29) is 29.3 Å². The molecule has 0 aromatic carbocycles. The minimum absolute atomic E-state index is 0. The van der Waals surface area contributed by atoms with Crippen LogP contribution in [0.2, 0.25) is 0 Å². The van der Waals surface area contributed by atoms with E-state index in [1.54, 1.807) is 6.92 Å². The Morgan fingerprint density at radius 2 is 0.754 bits per heavy atom. The third-order valence-electron chi connectivity index (χ3n) is 8.87. The Labute approximate surface area is 454 Å². The molecule has 3 saturated heterocycles. The molecule has 0 aromatic rings. The van der Waals surface area contributed by atoms with Gasteiger partial charge in [-0.25, -0.2) is 0 Å². The fourth-order valence-electron chi connectivity index (χ4n) is 6.65. The summed E-state index contributed by atoms with van der Waals surface area (Å²) in [7, 11) is 1.21. The molecule has 6 unspecified atom stereocenters. The second kappa shape index (κ2) is 33.9. The first-order chi connectivity index (χ1) is 30.1. The molecule has 0 N–H and O–H groups in total. The summed E-state index contributed by atoms with van der Waals surface area (Å²) in [5.41, 5.74) is 0. The van der Waals surface area contributed by atoms with Crippen LogP contribution >= 0.6 is 114 Å². The minimum atomic E-state index is -1.87. The summed E-state index contributed by atoms with van der Waals surface area (Å²) < 4.78 is 80.8. The SMILES string of the molecule is CO[C@H]1OC(COC(C)=O)[C@@H](O[C@H]2OC(COC(C)=O)[C@@H](O[C@H]3OC(CBr)[C@@H](C)[C@H](OC(C)=O)C3OC(C)=O)[C@H](OC(C)=O)C2OC(C)=O)[C@H](OC(C)=O)C1OC(C)=O.I.II.I[I-]I. The Kier molecular flexibility index (Phi) is 34.1. The third-order valence-corrected chi connectivity index (χ3v) is 9.51. The number of alkyl halides is 1. The molecule has 3 fully saturated rings. The van der Waals surface area contributed by atoms with Crippen molar-refractivity contribution in [3.05, 3.63) is 0 Å². The Bertz CT molecular complexity index is 1570. The Balaban J connectivity index is 0.00000654. The standard InChI is InChI=1S/C36H51BrO22.I3.I2.HI/c1-14-23(11-37)55-35(31(52-20(7)43)26(14)49-17(4)40)58-28-25(13-48-16(3)39)57-36(33(54-22(9)45)30(28)51-19(6)42)59-27-24(12-47-15(2)38)56-34(46-10)32(53-21(8)44)29(27)50-18(5)41;1-3-2;1-2;/h14,23-36H,11-13H2,1-10H3;;;1H/q;-1;;/t14-,23?,24?,25?,26+,27-,28-,29+,30+,31?,32?,33?,34+,35-,36-;;;/m1.../s1. The third kappa shape index (κ3) is 22.1. The quantitative estimate of drug-likeness (QED) is 0.0917. The number of carbonyl (C=O) groups excluding carboxylic acids is 8. The van der Waals surface area contributed by atoms with Crippen LogP contribution in [0.3, 0.4) is 0 Å². The molecule has 65 heavy (non-hydrogen) atoms. The molecule has 3 aliphatic heterocycles. The van der Waals surface area contributed by atoms with Crippen molar-refractivity contribution in [3.8, 4) is 0 Å². The van der Waals surface area contributed by atoms with E-state index in [0.29, 0.717) is 13.3 Å². The van der Waals surface area contributed by atoms with Gasteiger partial charge in [0.15, 0.2) is 49.4 Å². The number of ether oxygens (including phenoxy) is 14. The second-order valence-corrected chi connectivity index (χ2v) is 30.6. The van der Waals surface area contributed by atoms with E-state index in [2.05, 4.69) is 90.4 Å². The van der Waals surface area contributed by atoms with Crippen molar-refractivity contribution in [1.29, 1.82) is 0 Å². The molecule has 0 aliphatic carbocycles. The van der Waals surface area contributed by atoms with Crippen LogP contribution in [0.1, 0.15) is 62.3 Å². The molecule has 378 valence electrons. The van der Waals surface area contributed by atoms with Gasteiger partial charge in [-0.2, -0.15) is 0 Å². The van der Waals surface area contributed by atoms with Gasteiger partial charge in [0.1, 0.15) is 43.7 Å². The molecule has 29 heteroatoms. The van der Waals surface area contributed by atoms with Gasteiger partial charge in [-0.15, -0.1) is 24.0 Å². The molecule has 0 bridgehead atoms. The number of hydrogen-bond donors (Lipinski definition) is 0. The fraction of sp³-hybridized carbons (Fsp3) is 0.778. The molecular formula is C36H52BrI6O22-. The van der Waals surface area contributed by atoms with Gasteiger partial charge in [0.2, 0.25) is 0 Å². The molecule has 0 radical (unpaired) electrons. The predicted octanol–water partition coefficient (Wildman–Crippen LogP) is 1.49. The molecule has 0 saturated carbocycles. The number of esters is 8. The Morgan fingerprint density at radius 1 is 0.477 bits per heavy atom. The molecule has 22 nitrogen and oxygen atoms in total. The first kappa shape index (κ1) is 65.4. The Hall–Kier alpha value is 0.380. The van der Waals surface area contributed by atoms with E-state index >= 15 is 0 Å². The van der Waals surface area contributed by atoms with E-state index in [4.69, 9.17) is 66.3 Å². The van der Waals surface area contributed by atoms with Crippen molar-refractivity contribution >= 4 is 162 Å².